The van der Waals surface area contributed by atoms with Crippen molar-refractivity contribution in [1.82, 2.24) is 16.2 Å². The minimum absolute atomic E-state index is 0.0413. The van der Waals surface area contributed by atoms with Gasteiger partial charge in [-0.15, -0.1) is 0 Å². The van der Waals surface area contributed by atoms with Crippen molar-refractivity contribution in [3.8, 4) is 11.5 Å². The van der Waals surface area contributed by atoms with E-state index in [0.29, 0.717) is 22.6 Å². The Morgan fingerprint density at radius 3 is 2.63 bits per heavy atom. The molecule has 8 heteroatoms. The molecule has 2 aromatic carbocycles. The summed E-state index contributed by atoms with van der Waals surface area (Å²) in [6.45, 7) is 7.82. The minimum atomic E-state index is -0.463. The summed E-state index contributed by atoms with van der Waals surface area (Å²) < 4.78 is 11.2. The van der Waals surface area contributed by atoms with Crippen LogP contribution in [0.3, 0.4) is 0 Å². The van der Waals surface area contributed by atoms with Gasteiger partial charge in [0, 0.05) is 5.56 Å². The first-order valence-electron chi connectivity index (χ1n) is 9.45. The van der Waals surface area contributed by atoms with Gasteiger partial charge in [0.05, 0.1) is 11.7 Å². The van der Waals surface area contributed by atoms with Crippen LogP contribution in [0.25, 0.3) is 0 Å². The summed E-state index contributed by atoms with van der Waals surface area (Å²) in [5, 5.41) is 2.46. The van der Waals surface area contributed by atoms with E-state index in [1.807, 2.05) is 13.8 Å². The lowest BCUT2D eigenvalue weighted by molar-refractivity contribution is 0.0931. The summed E-state index contributed by atoms with van der Waals surface area (Å²) in [4.78, 5) is 24.8. The molecule has 0 saturated heterocycles. The molecule has 7 nitrogen and oxygen atoms in total. The smallest absolute Gasteiger partial charge is 0.273 e. The number of hydrogen-bond donors (Lipinski definition) is 3. The normalized spacial score (nSPS) is 11.0. The lowest BCUT2D eigenvalue weighted by Crippen LogP contribution is -2.48. The van der Waals surface area contributed by atoms with Crippen molar-refractivity contribution in [3.63, 3.8) is 0 Å². The molecule has 0 heterocycles. The van der Waals surface area contributed by atoms with Crippen molar-refractivity contribution >= 4 is 29.1 Å². The highest BCUT2D eigenvalue weighted by Gasteiger charge is 2.14. The molecular weight excluding hydrogens is 402 g/mol. The highest BCUT2D eigenvalue weighted by molar-refractivity contribution is 7.80. The van der Waals surface area contributed by atoms with Crippen LogP contribution in [0.15, 0.2) is 61.2 Å². The predicted octanol–water partition coefficient (Wildman–Crippen LogP) is 3.38. The first-order chi connectivity index (χ1) is 14.4. The van der Waals surface area contributed by atoms with E-state index in [1.165, 1.54) is 0 Å². The molecule has 3 N–H and O–H groups in total. The molecule has 0 fully saturated rings. The van der Waals surface area contributed by atoms with Crippen LogP contribution >= 0.6 is 12.2 Å². The van der Waals surface area contributed by atoms with Crippen LogP contribution in [0.5, 0.6) is 11.5 Å². The van der Waals surface area contributed by atoms with Crippen LogP contribution in [0, 0.1) is 0 Å². The molecule has 2 aromatic rings. The van der Waals surface area contributed by atoms with Gasteiger partial charge in [-0.25, -0.2) is 0 Å². The maximum atomic E-state index is 12.4. The Labute approximate surface area is 181 Å². The molecule has 0 bridgehead atoms. The molecule has 2 rings (SSSR count). The van der Waals surface area contributed by atoms with Crippen LogP contribution in [0.1, 0.15) is 41.0 Å². The average molecular weight is 428 g/mol. The fraction of sp³-hybridized carbons (Fsp3) is 0.227. The van der Waals surface area contributed by atoms with E-state index in [-0.39, 0.29) is 17.8 Å². The standard InChI is InChI=1S/C22H25N3O4S/c1-4-13-28-19-12-7-6-11-18(19)21(27)24-25-22(30)23-20(26)16-9-8-10-17(14-16)29-15(3)5-2/h4,6-12,14-15H,1,5,13H2,2-3H3,(H,24,27)(H2,23,25,26,30). The van der Waals surface area contributed by atoms with Gasteiger partial charge in [-0.05, 0) is 55.9 Å². The van der Waals surface area contributed by atoms with E-state index in [0.717, 1.165) is 6.42 Å². The summed E-state index contributed by atoms with van der Waals surface area (Å²) in [6.07, 6.45) is 2.48. The van der Waals surface area contributed by atoms with E-state index in [9.17, 15) is 9.59 Å². The number of ether oxygens (including phenoxy) is 2. The Bertz CT molecular complexity index is 917. The molecular formula is C22H25N3O4S. The van der Waals surface area contributed by atoms with Gasteiger partial charge >= 0.3 is 0 Å². The number of nitrogens with one attached hydrogen (secondary N) is 3. The van der Waals surface area contributed by atoms with Crippen LogP contribution in [0.4, 0.5) is 0 Å². The van der Waals surface area contributed by atoms with Gasteiger partial charge in [0.25, 0.3) is 11.8 Å². The SMILES string of the molecule is C=CCOc1ccccc1C(=O)NNC(=S)NC(=O)c1cccc(OC(C)CC)c1. The first-order valence-corrected chi connectivity index (χ1v) is 9.86. The molecule has 158 valence electrons. The monoisotopic (exact) mass is 427 g/mol. The van der Waals surface area contributed by atoms with Gasteiger partial charge in [-0.1, -0.05) is 37.8 Å². The number of rotatable bonds is 8. The van der Waals surface area contributed by atoms with Gasteiger partial charge in [-0.3, -0.25) is 25.8 Å². The third kappa shape index (κ3) is 6.89. The van der Waals surface area contributed by atoms with Gasteiger partial charge < -0.3 is 9.47 Å². The van der Waals surface area contributed by atoms with Gasteiger partial charge in [0.2, 0.25) is 0 Å². The second-order valence-corrected chi connectivity index (χ2v) is 6.73. The Balaban J connectivity index is 1.92. The predicted molar refractivity (Wildman–Crippen MR) is 120 cm³/mol. The summed E-state index contributed by atoms with van der Waals surface area (Å²) >= 11 is 5.09. The number of carbonyl (C=O) groups excluding carboxylic acids is 2. The summed E-state index contributed by atoms with van der Waals surface area (Å²) in [5.41, 5.74) is 5.66. The summed E-state index contributed by atoms with van der Waals surface area (Å²) in [5.74, 6) is 0.117. The molecule has 30 heavy (non-hydrogen) atoms. The fourth-order valence-corrected chi connectivity index (χ4v) is 2.49. The second-order valence-electron chi connectivity index (χ2n) is 6.32. The van der Waals surface area contributed by atoms with E-state index in [2.05, 4.69) is 22.7 Å². The number of benzene rings is 2. The molecule has 0 aromatic heterocycles. The largest absolute Gasteiger partial charge is 0.491 e. The maximum absolute atomic E-state index is 12.4. The second kappa shape index (κ2) is 11.6. The number of hydrazine groups is 1. The van der Waals surface area contributed by atoms with Crippen molar-refractivity contribution in [2.24, 2.45) is 0 Å². The Morgan fingerprint density at radius 1 is 1.13 bits per heavy atom. The molecule has 0 spiro atoms. The fourth-order valence-electron chi connectivity index (χ4n) is 2.34. The molecule has 0 aliphatic rings. The third-order valence-corrected chi connectivity index (χ3v) is 4.22. The van der Waals surface area contributed by atoms with Crippen LogP contribution in [0.2, 0.25) is 0 Å². The summed E-state index contributed by atoms with van der Waals surface area (Å²) in [7, 11) is 0. The Morgan fingerprint density at radius 2 is 1.90 bits per heavy atom. The van der Waals surface area contributed by atoms with E-state index < -0.39 is 11.8 Å². The number of hydrogen-bond acceptors (Lipinski definition) is 5. The van der Waals surface area contributed by atoms with Crippen molar-refractivity contribution in [2.45, 2.75) is 26.4 Å². The molecule has 0 aliphatic heterocycles. The molecule has 1 unspecified atom stereocenters. The zero-order valence-corrected chi connectivity index (χ0v) is 17.8. The first kappa shape index (κ1) is 22.9. The van der Waals surface area contributed by atoms with Gasteiger partial charge in [0.1, 0.15) is 18.1 Å². The van der Waals surface area contributed by atoms with E-state index in [1.54, 1.807) is 54.6 Å². The Hall–Kier alpha value is -3.39. The van der Waals surface area contributed by atoms with Gasteiger partial charge in [0.15, 0.2) is 5.11 Å². The molecule has 0 saturated carbocycles. The third-order valence-electron chi connectivity index (χ3n) is 4.01. The highest BCUT2D eigenvalue weighted by atomic mass is 32.1. The molecule has 2 amide bonds. The maximum Gasteiger partial charge on any atom is 0.273 e. The molecule has 1 atom stereocenters. The lowest BCUT2D eigenvalue weighted by Gasteiger charge is -2.14. The van der Waals surface area contributed by atoms with Crippen molar-refractivity contribution in [3.05, 3.63) is 72.3 Å². The van der Waals surface area contributed by atoms with Crippen LogP contribution < -0.4 is 25.6 Å². The molecule has 0 radical (unpaired) electrons. The van der Waals surface area contributed by atoms with Crippen molar-refractivity contribution in [2.75, 3.05) is 6.61 Å². The van der Waals surface area contributed by atoms with Crippen LogP contribution in [-0.4, -0.2) is 29.6 Å². The van der Waals surface area contributed by atoms with Crippen LogP contribution in [-0.2, 0) is 0 Å². The number of carbonyl (C=O) groups is 2. The van der Waals surface area contributed by atoms with Crippen molar-refractivity contribution in [1.29, 1.82) is 0 Å². The lowest BCUT2D eigenvalue weighted by atomic mass is 10.2. The quantitative estimate of drug-likeness (QED) is 0.340. The number of para-hydroxylation sites is 1. The number of amides is 2. The summed E-state index contributed by atoms with van der Waals surface area (Å²) in [6, 6.07) is 13.5. The van der Waals surface area contributed by atoms with Crippen molar-refractivity contribution < 1.29 is 19.1 Å². The highest BCUT2D eigenvalue weighted by Crippen LogP contribution is 2.18. The topological polar surface area (TPSA) is 88.7 Å². The van der Waals surface area contributed by atoms with Gasteiger partial charge in [-0.2, -0.15) is 0 Å². The van der Waals surface area contributed by atoms with E-state index in [4.69, 9.17) is 21.7 Å². The Kier molecular flexibility index (Phi) is 8.83. The zero-order valence-electron chi connectivity index (χ0n) is 16.9. The average Bonchev–Trinajstić information content (AvgIpc) is 2.76. The molecule has 0 aliphatic carbocycles. The van der Waals surface area contributed by atoms with E-state index >= 15 is 0 Å². The zero-order chi connectivity index (χ0) is 21.9. The number of thiocarbonyl (C=S) groups is 1. The minimum Gasteiger partial charge on any atom is -0.491 e.